The van der Waals surface area contributed by atoms with Gasteiger partial charge < -0.3 is 0 Å². The summed E-state index contributed by atoms with van der Waals surface area (Å²) in [6.07, 6.45) is -13.4. The van der Waals surface area contributed by atoms with Crippen LogP contribution in [0.4, 0.5) is 0 Å². The van der Waals surface area contributed by atoms with Gasteiger partial charge >= 0.3 is 153 Å². The molecule has 2 fully saturated rings. The Hall–Kier alpha value is -0.126. The molecule has 14 heteroatoms. The van der Waals surface area contributed by atoms with Crippen molar-refractivity contribution in [2.24, 2.45) is 0 Å². The SMILES string of the molecule is [O]=[Ti](=[O])[O]C[C@H]1O[C@H](O[C@]2(CO)O[C@H](CO)[C@@H](O)[C@@H]2O)[C@H](O)[C@@H](O)[C@@H]1O. The number of rotatable bonds is 7. The third-order valence-corrected chi connectivity index (χ3v) is 4.88. The standard InChI is InChI=1S/C12H21O11.2O.Ti/c13-1-4-6(16)8(18)9(19)11(21-4)23-12(3-15)10(20)7(17)5(2-14)22-12;;;/h4-11,14-20H,1-3H2;;;/q-1;;;+1/t4-,5-,6-,7-,8+,9-,10+,11-,12+;;;/m1.../s1. The molecule has 151 valence electrons. The average molecular weight is 421 g/mol. The molecule has 13 nitrogen and oxygen atoms in total. The summed E-state index contributed by atoms with van der Waals surface area (Å²) in [5, 5.41) is 68.3. The number of hydrogen-bond donors (Lipinski definition) is 7. The molecule has 0 amide bonds. The predicted molar refractivity (Wildman–Crippen MR) is 68.9 cm³/mol. The van der Waals surface area contributed by atoms with Crippen LogP contribution < -0.4 is 0 Å². The Labute approximate surface area is 153 Å². The maximum absolute atomic E-state index is 10.6. The second kappa shape index (κ2) is 8.92. The van der Waals surface area contributed by atoms with Gasteiger partial charge in [-0.1, -0.05) is 0 Å². The molecule has 0 unspecified atom stereocenters. The van der Waals surface area contributed by atoms with Crippen LogP contribution in [0.5, 0.6) is 0 Å². The van der Waals surface area contributed by atoms with E-state index >= 15 is 0 Å². The maximum atomic E-state index is 10.6. The van der Waals surface area contributed by atoms with Crippen LogP contribution in [0.15, 0.2) is 0 Å². The molecule has 2 rings (SSSR count). The molecule has 0 aromatic heterocycles. The molecule has 0 aromatic carbocycles. The van der Waals surface area contributed by atoms with Crippen molar-refractivity contribution in [3.05, 3.63) is 0 Å². The minimum absolute atomic E-state index is 0.662. The zero-order valence-electron chi connectivity index (χ0n) is 13.3. The summed E-state index contributed by atoms with van der Waals surface area (Å²) < 4.78 is 41.1. The summed E-state index contributed by atoms with van der Waals surface area (Å²) in [7, 11) is 0. The first-order valence-corrected chi connectivity index (χ1v) is 9.55. The van der Waals surface area contributed by atoms with Gasteiger partial charge in [-0.15, -0.1) is 0 Å². The molecule has 2 heterocycles. The normalized spacial score (nSPS) is 46.4. The molecule has 7 N–H and O–H groups in total. The topological polar surface area (TPSA) is 213 Å². The summed E-state index contributed by atoms with van der Waals surface area (Å²) >= 11 is -4.20. The molecule has 2 saturated heterocycles. The fourth-order valence-electron chi connectivity index (χ4n) is 2.77. The van der Waals surface area contributed by atoms with Gasteiger partial charge in [0, 0.05) is 0 Å². The zero-order chi connectivity index (χ0) is 19.6. The van der Waals surface area contributed by atoms with Crippen LogP contribution in [0, 0.1) is 0 Å². The van der Waals surface area contributed by atoms with E-state index in [1.54, 1.807) is 0 Å². The van der Waals surface area contributed by atoms with Gasteiger partial charge in [0.1, 0.15) is 0 Å². The van der Waals surface area contributed by atoms with E-state index in [1.165, 1.54) is 0 Å². The van der Waals surface area contributed by atoms with Gasteiger partial charge in [0.05, 0.1) is 0 Å². The molecule has 0 bridgehead atoms. The Balaban J connectivity index is 2.17. The van der Waals surface area contributed by atoms with Gasteiger partial charge in [-0.2, -0.15) is 0 Å². The van der Waals surface area contributed by atoms with E-state index in [-0.39, 0.29) is 0 Å². The first-order chi connectivity index (χ1) is 12.2. The van der Waals surface area contributed by atoms with Crippen LogP contribution in [-0.4, -0.2) is 110 Å². The molecular weight excluding hydrogens is 400 g/mol. The third-order valence-electron chi connectivity index (χ3n) is 4.26. The Bertz CT molecular complexity index is 535. The second-order valence-corrected chi connectivity index (χ2v) is 7.17. The van der Waals surface area contributed by atoms with E-state index in [9.17, 15) is 37.3 Å². The minimum atomic E-state index is -4.20. The number of hydrogen-bond acceptors (Lipinski definition) is 13. The third kappa shape index (κ3) is 4.30. The first kappa shape index (κ1) is 22.2. The van der Waals surface area contributed by atoms with E-state index in [2.05, 4.69) is 3.32 Å². The molecule has 26 heavy (non-hydrogen) atoms. The van der Waals surface area contributed by atoms with Crippen LogP contribution in [0.1, 0.15) is 0 Å². The van der Waals surface area contributed by atoms with Gasteiger partial charge in [0.2, 0.25) is 0 Å². The van der Waals surface area contributed by atoms with E-state index in [0.29, 0.717) is 0 Å². The molecule has 0 saturated carbocycles. The molecule has 0 aliphatic carbocycles. The Kier molecular flexibility index (Phi) is 7.60. The van der Waals surface area contributed by atoms with Crippen molar-refractivity contribution in [2.75, 3.05) is 19.8 Å². The fraction of sp³-hybridized carbons (Fsp3) is 1.00. The summed E-state index contributed by atoms with van der Waals surface area (Å²) in [5.41, 5.74) is 0. The van der Waals surface area contributed by atoms with Gasteiger partial charge in [-0.3, -0.25) is 0 Å². The average Bonchev–Trinajstić information content (AvgIpc) is 2.86. The molecule has 2 aliphatic rings. The van der Waals surface area contributed by atoms with E-state index in [0.717, 1.165) is 0 Å². The van der Waals surface area contributed by atoms with E-state index in [1.807, 2.05) is 0 Å². The number of ether oxygens (including phenoxy) is 3. The second-order valence-electron chi connectivity index (χ2n) is 5.94. The van der Waals surface area contributed by atoms with Gasteiger partial charge in [0.25, 0.3) is 0 Å². The van der Waals surface area contributed by atoms with Gasteiger partial charge in [-0.25, -0.2) is 0 Å². The molecule has 0 radical (unpaired) electrons. The van der Waals surface area contributed by atoms with Gasteiger partial charge in [0.15, 0.2) is 0 Å². The number of aliphatic hydroxyl groups excluding tert-OH is 7. The van der Waals surface area contributed by atoms with Crippen LogP contribution >= 0.6 is 0 Å². The van der Waals surface area contributed by atoms with Crippen molar-refractivity contribution in [1.82, 2.24) is 0 Å². The van der Waals surface area contributed by atoms with Crippen LogP contribution in [0.25, 0.3) is 0 Å². The van der Waals surface area contributed by atoms with Crippen LogP contribution in [0.3, 0.4) is 0 Å². The predicted octanol–water partition coefficient (Wildman–Crippen LogP) is -5.15. The summed E-state index contributed by atoms with van der Waals surface area (Å²) in [5.74, 6) is -2.30. The molecule has 9 atom stereocenters. The first-order valence-electron chi connectivity index (χ1n) is 7.63. The Morgan fingerprint density at radius 1 is 0.923 bits per heavy atom. The fourth-order valence-corrected chi connectivity index (χ4v) is 3.24. The molecular formula is C12H21O13Ti. The van der Waals surface area contributed by atoms with Crippen molar-refractivity contribution < 1.29 is 78.1 Å². The number of aliphatic hydroxyl groups is 7. The summed E-state index contributed by atoms with van der Waals surface area (Å²) in [6.45, 7) is -2.40. The zero-order valence-corrected chi connectivity index (χ0v) is 14.9. The van der Waals surface area contributed by atoms with E-state index < -0.39 is 92.8 Å². The van der Waals surface area contributed by atoms with Crippen molar-refractivity contribution in [2.45, 2.75) is 54.8 Å². The van der Waals surface area contributed by atoms with Gasteiger partial charge in [-0.05, 0) is 0 Å². The van der Waals surface area contributed by atoms with Crippen LogP contribution in [0.2, 0.25) is 0 Å². The Morgan fingerprint density at radius 3 is 2.08 bits per heavy atom. The Morgan fingerprint density at radius 2 is 1.58 bits per heavy atom. The van der Waals surface area contributed by atoms with Crippen molar-refractivity contribution in [3.8, 4) is 0 Å². The summed E-state index contributed by atoms with van der Waals surface area (Å²) in [4.78, 5) is 0. The van der Waals surface area contributed by atoms with Crippen molar-refractivity contribution >= 4 is 0 Å². The molecule has 0 aromatic rings. The molecule has 0 spiro atoms. The molecule has 2 aliphatic heterocycles. The summed E-state index contributed by atoms with van der Waals surface area (Å²) in [6, 6.07) is 0. The van der Waals surface area contributed by atoms with Crippen LogP contribution in [-0.2, 0) is 42.4 Å². The quantitative estimate of drug-likeness (QED) is 0.192. The monoisotopic (exact) mass is 421 g/mol. The van der Waals surface area contributed by atoms with Crippen molar-refractivity contribution in [1.29, 1.82) is 0 Å². The van der Waals surface area contributed by atoms with E-state index in [4.69, 9.17) is 19.3 Å². The van der Waals surface area contributed by atoms with Crippen molar-refractivity contribution in [3.63, 3.8) is 0 Å².